The third-order valence-corrected chi connectivity index (χ3v) is 3.57. The Bertz CT molecular complexity index is 502. The second kappa shape index (κ2) is 5.82. The van der Waals surface area contributed by atoms with Crippen LogP contribution in [0.3, 0.4) is 0 Å². The van der Waals surface area contributed by atoms with E-state index in [4.69, 9.17) is 0 Å². The first-order chi connectivity index (χ1) is 8.68. The molecule has 2 rings (SSSR count). The van der Waals surface area contributed by atoms with Crippen molar-refractivity contribution in [1.82, 2.24) is 15.1 Å². The Balaban J connectivity index is 1.89. The summed E-state index contributed by atoms with van der Waals surface area (Å²) in [5.41, 5.74) is 0.621. The molecule has 0 atom stereocenters. The van der Waals surface area contributed by atoms with Gasteiger partial charge < -0.3 is 5.32 Å². The molecule has 18 heavy (non-hydrogen) atoms. The first-order valence-electron chi connectivity index (χ1n) is 6.02. The second-order valence-electron chi connectivity index (χ2n) is 4.34. The molecule has 0 aliphatic rings. The van der Waals surface area contributed by atoms with Crippen molar-refractivity contribution in [3.05, 3.63) is 40.3 Å². The summed E-state index contributed by atoms with van der Waals surface area (Å²) >= 11 is 1.71. The summed E-state index contributed by atoms with van der Waals surface area (Å²) in [5.74, 6) is -0.0576. The Labute approximate surface area is 111 Å². The van der Waals surface area contributed by atoms with E-state index < -0.39 is 0 Å². The van der Waals surface area contributed by atoms with Crippen LogP contribution in [0.15, 0.2) is 29.8 Å². The number of nitrogens with one attached hydrogen (secondary N) is 1. The van der Waals surface area contributed by atoms with Crippen LogP contribution in [0.5, 0.6) is 0 Å². The van der Waals surface area contributed by atoms with E-state index in [0.717, 1.165) is 6.42 Å². The van der Waals surface area contributed by atoms with Gasteiger partial charge in [-0.25, -0.2) is 0 Å². The van der Waals surface area contributed by atoms with Crippen molar-refractivity contribution in [2.45, 2.75) is 26.3 Å². The fourth-order valence-corrected chi connectivity index (χ4v) is 2.46. The number of carbonyl (C=O) groups excluding carboxylic acids is 1. The van der Waals surface area contributed by atoms with Crippen molar-refractivity contribution in [2.24, 2.45) is 0 Å². The summed E-state index contributed by atoms with van der Waals surface area (Å²) in [6, 6.07) is 6.05. The van der Waals surface area contributed by atoms with Gasteiger partial charge in [0.25, 0.3) is 5.91 Å². The van der Waals surface area contributed by atoms with Crippen molar-refractivity contribution >= 4 is 17.2 Å². The van der Waals surface area contributed by atoms with E-state index in [0.29, 0.717) is 12.2 Å². The lowest BCUT2D eigenvalue weighted by Gasteiger charge is -2.10. The summed E-state index contributed by atoms with van der Waals surface area (Å²) in [4.78, 5) is 13.3. The number of hydrogen-bond acceptors (Lipinski definition) is 3. The van der Waals surface area contributed by atoms with Gasteiger partial charge in [-0.05, 0) is 37.8 Å². The quantitative estimate of drug-likeness (QED) is 0.901. The topological polar surface area (TPSA) is 46.9 Å². The van der Waals surface area contributed by atoms with Crippen LogP contribution in [0, 0.1) is 0 Å². The minimum Gasteiger partial charge on any atom is -0.350 e. The van der Waals surface area contributed by atoms with Gasteiger partial charge in [-0.3, -0.25) is 9.48 Å². The van der Waals surface area contributed by atoms with Gasteiger partial charge in [0, 0.05) is 23.7 Å². The number of aromatic nitrogens is 2. The molecule has 1 N–H and O–H groups in total. The molecule has 0 unspecified atom stereocenters. The molecule has 0 radical (unpaired) electrons. The molecule has 0 bridgehead atoms. The highest BCUT2D eigenvalue weighted by Gasteiger charge is 2.13. The van der Waals surface area contributed by atoms with E-state index >= 15 is 0 Å². The third kappa shape index (κ3) is 2.98. The van der Waals surface area contributed by atoms with E-state index in [2.05, 4.69) is 16.5 Å². The van der Waals surface area contributed by atoms with E-state index in [1.54, 1.807) is 28.3 Å². The number of thiophene rings is 1. The van der Waals surface area contributed by atoms with Crippen molar-refractivity contribution in [1.29, 1.82) is 0 Å². The van der Waals surface area contributed by atoms with Crippen LogP contribution in [0.1, 0.15) is 35.3 Å². The highest BCUT2D eigenvalue weighted by molar-refractivity contribution is 7.09. The van der Waals surface area contributed by atoms with Crippen LogP contribution >= 0.6 is 11.3 Å². The van der Waals surface area contributed by atoms with Crippen molar-refractivity contribution in [3.8, 4) is 0 Å². The molecule has 0 saturated heterocycles. The van der Waals surface area contributed by atoms with Crippen LogP contribution in [0.4, 0.5) is 0 Å². The Kier molecular flexibility index (Phi) is 4.15. The van der Waals surface area contributed by atoms with E-state index in [9.17, 15) is 4.79 Å². The largest absolute Gasteiger partial charge is 0.350 e. The standard InChI is InChI=1S/C13H17N3OS/c1-10(2)16-12(6-8-15-16)13(17)14-7-5-11-4-3-9-18-11/h3-4,6,8-10H,5,7H2,1-2H3,(H,14,17). The molecular formula is C13H17N3OS. The van der Waals surface area contributed by atoms with Crippen molar-refractivity contribution in [2.75, 3.05) is 6.54 Å². The molecule has 0 saturated carbocycles. The molecule has 0 spiro atoms. The molecule has 96 valence electrons. The number of rotatable bonds is 5. The van der Waals surface area contributed by atoms with Crippen molar-refractivity contribution < 1.29 is 4.79 Å². The van der Waals surface area contributed by atoms with Gasteiger partial charge in [-0.15, -0.1) is 11.3 Å². The fourth-order valence-electron chi connectivity index (χ4n) is 1.75. The summed E-state index contributed by atoms with van der Waals surface area (Å²) in [5, 5.41) is 9.12. The molecule has 4 nitrogen and oxygen atoms in total. The third-order valence-electron chi connectivity index (χ3n) is 2.63. The average Bonchev–Trinajstić information content (AvgIpc) is 2.99. The molecule has 2 aromatic rings. The maximum Gasteiger partial charge on any atom is 0.269 e. The zero-order valence-electron chi connectivity index (χ0n) is 10.6. The lowest BCUT2D eigenvalue weighted by molar-refractivity contribution is 0.0941. The van der Waals surface area contributed by atoms with E-state index in [-0.39, 0.29) is 11.9 Å². The Morgan fingerprint density at radius 1 is 1.50 bits per heavy atom. The molecule has 0 fully saturated rings. The monoisotopic (exact) mass is 263 g/mol. The van der Waals surface area contributed by atoms with Gasteiger partial charge in [0.05, 0.1) is 0 Å². The Hall–Kier alpha value is -1.62. The average molecular weight is 263 g/mol. The Morgan fingerprint density at radius 3 is 3.00 bits per heavy atom. The first-order valence-corrected chi connectivity index (χ1v) is 6.90. The first kappa shape index (κ1) is 12.8. The predicted molar refractivity (Wildman–Crippen MR) is 73.0 cm³/mol. The van der Waals surface area contributed by atoms with Crippen LogP contribution in [-0.2, 0) is 6.42 Å². The molecule has 2 heterocycles. The SMILES string of the molecule is CC(C)n1nccc1C(=O)NCCc1cccs1. The van der Waals surface area contributed by atoms with Gasteiger partial charge in [0.15, 0.2) is 0 Å². The van der Waals surface area contributed by atoms with Crippen molar-refractivity contribution in [3.63, 3.8) is 0 Å². The molecule has 0 aliphatic carbocycles. The summed E-state index contributed by atoms with van der Waals surface area (Å²) < 4.78 is 1.74. The fraction of sp³-hybridized carbons (Fsp3) is 0.385. The maximum atomic E-state index is 12.0. The number of nitrogens with zero attached hydrogens (tertiary/aromatic N) is 2. The highest BCUT2D eigenvalue weighted by atomic mass is 32.1. The van der Waals surface area contributed by atoms with Gasteiger partial charge in [-0.2, -0.15) is 5.10 Å². The molecule has 1 amide bonds. The van der Waals surface area contributed by atoms with Gasteiger partial charge in [-0.1, -0.05) is 6.07 Å². The summed E-state index contributed by atoms with van der Waals surface area (Å²) in [6.07, 6.45) is 2.54. The van der Waals surface area contributed by atoms with Gasteiger partial charge >= 0.3 is 0 Å². The van der Waals surface area contributed by atoms with Crippen LogP contribution in [0.25, 0.3) is 0 Å². The zero-order valence-corrected chi connectivity index (χ0v) is 11.4. The predicted octanol–water partition coefficient (Wildman–Crippen LogP) is 2.50. The van der Waals surface area contributed by atoms with Crippen LogP contribution < -0.4 is 5.32 Å². The van der Waals surface area contributed by atoms with Gasteiger partial charge in [0.1, 0.15) is 5.69 Å². The van der Waals surface area contributed by atoms with Gasteiger partial charge in [0.2, 0.25) is 0 Å². The lowest BCUT2D eigenvalue weighted by atomic mass is 10.3. The highest BCUT2D eigenvalue weighted by Crippen LogP contribution is 2.09. The minimum atomic E-state index is -0.0576. The summed E-state index contributed by atoms with van der Waals surface area (Å²) in [7, 11) is 0. The smallest absolute Gasteiger partial charge is 0.269 e. The number of amides is 1. The number of carbonyl (C=O) groups is 1. The van der Waals surface area contributed by atoms with E-state index in [1.807, 2.05) is 25.3 Å². The van der Waals surface area contributed by atoms with E-state index in [1.165, 1.54) is 4.88 Å². The molecule has 2 aromatic heterocycles. The lowest BCUT2D eigenvalue weighted by Crippen LogP contribution is -2.28. The zero-order chi connectivity index (χ0) is 13.0. The number of hydrogen-bond donors (Lipinski definition) is 1. The Morgan fingerprint density at radius 2 is 2.33 bits per heavy atom. The maximum absolute atomic E-state index is 12.0. The molecular weight excluding hydrogens is 246 g/mol. The summed E-state index contributed by atoms with van der Waals surface area (Å²) in [6.45, 7) is 4.67. The van der Waals surface area contributed by atoms with Crippen LogP contribution in [0.2, 0.25) is 0 Å². The normalized spacial score (nSPS) is 10.8. The van der Waals surface area contributed by atoms with Crippen LogP contribution in [-0.4, -0.2) is 22.2 Å². The molecule has 0 aliphatic heterocycles. The second-order valence-corrected chi connectivity index (χ2v) is 5.37. The molecule has 0 aromatic carbocycles. The molecule has 5 heteroatoms. The minimum absolute atomic E-state index is 0.0576.